The number of benzene rings is 1. The van der Waals surface area contributed by atoms with Gasteiger partial charge >= 0.3 is 0 Å². The molecule has 3 heteroatoms. The molecule has 1 aromatic carbocycles. The van der Waals surface area contributed by atoms with Gasteiger partial charge < -0.3 is 5.11 Å². The van der Waals surface area contributed by atoms with E-state index in [9.17, 15) is 5.11 Å². The van der Waals surface area contributed by atoms with Crippen LogP contribution in [0.3, 0.4) is 0 Å². The van der Waals surface area contributed by atoms with Gasteiger partial charge in [0, 0.05) is 8.80 Å². The van der Waals surface area contributed by atoms with Gasteiger partial charge in [0.15, 0.2) is 0 Å². The maximum atomic E-state index is 9.81. The lowest BCUT2D eigenvalue weighted by molar-refractivity contribution is 0.160. The fourth-order valence-corrected chi connectivity index (χ4v) is 15.5. The Labute approximate surface area is 151 Å². The molecule has 0 aliphatic carbocycles. The van der Waals surface area contributed by atoms with Crippen LogP contribution in [0.25, 0.3) is 0 Å². The first kappa shape index (κ1) is 18.4. The minimum absolute atomic E-state index is 0.0316. The summed E-state index contributed by atoms with van der Waals surface area (Å²) in [5.41, 5.74) is 1.09. The Bertz CT molecular complexity index is 474. The third-order valence-corrected chi connectivity index (χ3v) is 16.6. The standard InChI is InChI=1S/C21H36OSi2/c1-2-3-7-16-24(21-8-5-4-6-9-21)17-12-20(13-18-24)23-14-10-19(22)11-15-23/h4-6,8-9,19-20,22-23H,2-3,7,10-18H2,1H3. The molecule has 2 fully saturated rings. The summed E-state index contributed by atoms with van der Waals surface area (Å²) in [6, 6.07) is 19.1. The minimum Gasteiger partial charge on any atom is -0.393 e. The molecule has 1 nitrogen and oxygen atoms in total. The van der Waals surface area contributed by atoms with E-state index in [0.717, 1.165) is 18.4 Å². The third kappa shape index (κ3) is 4.41. The second-order valence-corrected chi connectivity index (χ2v) is 16.8. The lowest BCUT2D eigenvalue weighted by Crippen LogP contribution is -2.50. The first-order valence-corrected chi connectivity index (χ1v) is 15.4. The summed E-state index contributed by atoms with van der Waals surface area (Å²) in [5.74, 6) is 0. The highest BCUT2D eigenvalue weighted by Gasteiger charge is 2.40. The Morgan fingerprint density at radius 2 is 1.67 bits per heavy atom. The summed E-state index contributed by atoms with van der Waals surface area (Å²) in [6.45, 7) is 2.33. The molecule has 24 heavy (non-hydrogen) atoms. The van der Waals surface area contributed by atoms with Crippen molar-refractivity contribution in [2.24, 2.45) is 0 Å². The van der Waals surface area contributed by atoms with E-state index < -0.39 is 16.9 Å². The van der Waals surface area contributed by atoms with Crippen LogP contribution in [0.5, 0.6) is 0 Å². The van der Waals surface area contributed by atoms with Crippen LogP contribution in [0, 0.1) is 0 Å². The highest BCUT2D eigenvalue weighted by Crippen LogP contribution is 2.43. The van der Waals surface area contributed by atoms with Crippen molar-refractivity contribution < 1.29 is 5.11 Å². The zero-order valence-electron chi connectivity index (χ0n) is 15.6. The van der Waals surface area contributed by atoms with Gasteiger partial charge in [0.2, 0.25) is 0 Å². The van der Waals surface area contributed by atoms with Crippen LogP contribution in [0.4, 0.5) is 0 Å². The summed E-state index contributed by atoms with van der Waals surface area (Å²) in [7, 11) is -1.81. The van der Waals surface area contributed by atoms with Gasteiger partial charge in [-0.25, -0.2) is 0 Å². The van der Waals surface area contributed by atoms with Crippen LogP contribution in [-0.4, -0.2) is 28.1 Å². The Kier molecular flexibility index (Phi) is 6.76. The summed E-state index contributed by atoms with van der Waals surface area (Å²) >= 11 is 0. The second-order valence-electron chi connectivity index (χ2n) is 8.51. The Morgan fingerprint density at radius 3 is 2.29 bits per heavy atom. The van der Waals surface area contributed by atoms with Crippen molar-refractivity contribution in [2.45, 2.75) is 93.7 Å². The Balaban J connectivity index is 1.64. The average Bonchev–Trinajstić information content (AvgIpc) is 2.64. The quantitative estimate of drug-likeness (QED) is 0.554. The van der Waals surface area contributed by atoms with Gasteiger partial charge in [-0.1, -0.05) is 105 Å². The molecular weight excluding hydrogens is 324 g/mol. The zero-order chi connectivity index (χ0) is 16.8. The van der Waals surface area contributed by atoms with Gasteiger partial charge in [-0.05, 0) is 18.4 Å². The summed E-state index contributed by atoms with van der Waals surface area (Å²) < 4.78 is 0. The van der Waals surface area contributed by atoms with E-state index in [0.29, 0.717) is 0 Å². The largest absolute Gasteiger partial charge is 0.393 e. The van der Waals surface area contributed by atoms with Gasteiger partial charge in [-0.15, -0.1) is 0 Å². The zero-order valence-corrected chi connectivity index (χ0v) is 17.7. The van der Waals surface area contributed by atoms with Crippen molar-refractivity contribution in [3.8, 4) is 0 Å². The molecule has 2 saturated heterocycles. The lowest BCUT2D eigenvalue weighted by atomic mass is 10.2. The van der Waals surface area contributed by atoms with Crippen molar-refractivity contribution in [3.63, 3.8) is 0 Å². The van der Waals surface area contributed by atoms with Crippen LogP contribution in [0.1, 0.15) is 51.9 Å². The van der Waals surface area contributed by atoms with Gasteiger partial charge in [0.1, 0.15) is 0 Å². The number of hydrogen-bond donors (Lipinski definition) is 1. The molecule has 134 valence electrons. The number of hydrogen-bond acceptors (Lipinski definition) is 1. The molecule has 2 heterocycles. The normalized spacial score (nSPS) is 34.2. The Morgan fingerprint density at radius 1 is 1.00 bits per heavy atom. The molecule has 0 atom stereocenters. The molecule has 2 aliphatic rings. The molecule has 0 saturated carbocycles. The molecular formula is C21H36OSi2. The number of rotatable bonds is 6. The van der Waals surface area contributed by atoms with Crippen LogP contribution >= 0.6 is 0 Å². The number of aliphatic hydroxyl groups excluding tert-OH is 1. The fourth-order valence-electron chi connectivity index (χ4n) is 5.43. The van der Waals surface area contributed by atoms with Gasteiger partial charge in [-0.3, -0.25) is 0 Å². The van der Waals surface area contributed by atoms with Crippen LogP contribution in [0.2, 0.25) is 35.8 Å². The van der Waals surface area contributed by atoms with Crippen LogP contribution < -0.4 is 5.19 Å². The molecule has 0 aromatic heterocycles. The van der Waals surface area contributed by atoms with Crippen molar-refractivity contribution in [1.29, 1.82) is 0 Å². The van der Waals surface area contributed by atoms with Crippen molar-refractivity contribution >= 4 is 22.1 Å². The highest BCUT2D eigenvalue weighted by atomic mass is 28.3. The topological polar surface area (TPSA) is 20.2 Å². The molecule has 0 radical (unpaired) electrons. The SMILES string of the molecule is CCCCC[Si]1(c2ccccc2)CCC([SiH]2CCC(O)CC2)CC1. The van der Waals surface area contributed by atoms with Crippen LogP contribution in [-0.2, 0) is 0 Å². The second kappa shape index (κ2) is 8.82. The first-order valence-electron chi connectivity index (χ1n) is 10.5. The van der Waals surface area contributed by atoms with Crippen molar-refractivity contribution in [1.82, 2.24) is 0 Å². The van der Waals surface area contributed by atoms with E-state index in [1.807, 2.05) is 0 Å². The minimum atomic E-state index is -1.24. The van der Waals surface area contributed by atoms with E-state index in [1.54, 1.807) is 17.3 Å². The molecule has 0 unspecified atom stereocenters. The summed E-state index contributed by atoms with van der Waals surface area (Å²) in [4.78, 5) is 0. The number of aliphatic hydroxyl groups is 1. The lowest BCUT2D eigenvalue weighted by Gasteiger charge is -2.42. The molecule has 0 spiro atoms. The predicted octanol–water partition coefficient (Wildman–Crippen LogP) is 5.08. The highest BCUT2D eigenvalue weighted by molar-refractivity contribution is 6.92. The molecule has 1 aromatic rings. The molecule has 2 aliphatic heterocycles. The maximum Gasteiger partial charge on any atom is 0.0867 e. The monoisotopic (exact) mass is 360 g/mol. The molecule has 3 rings (SSSR count). The van der Waals surface area contributed by atoms with E-state index in [2.05, 4.69) is 37.3 Å². The van der Waals surface area contributed by atoms with E-state index in [4.69, 9.17) is 0 Å². The van der Waals surface area contributed by atoms with E-state index in [1.165, 1.54) is 50.2 Å². The van der Waals surface area contributed by atoms with E-state index in [-0.39, 0.29) is 6.10 Å². The third-order valence-electron chi connectivity index (χ3n) is 7.04. The fraction of sp³-hybridized carbons (Fsp3) is 0.714. The van der Waals surface area contributed by atoms with E-state index >= 15 is 0 Å². The molecule has 1 N–H and O–H groups in total. The first-order chi connectivity index (χ1) is 11.7. The number of unbranched alkanes of at least 4 members (excludes halogenated alkanes) is 2. The maximum absolute atomic E-state index is 9.81. The van der Waals surface area contributed by atoms with Crippen molar-refractivity contribution in [2.75, 3.05) is 0 Å². The summed E-state index contributed by atoms with van der Waals surface area (Å²) in [6.07, 6.45) is 9.54. The predicted molar refractivity (Wildman–Crippen MR) is 111 cm³/mol. The van der Waals surface area contributed by atoms with Gasteiger partial charge in [0.05, 0.1) is 14.2 Å². The molecule has 0 amide bonds. The van der Waals surface area contributed by atoms with Gasteiger partial charge in [0.25, 0.3) is 0 Å². The summed E-state index contributed by atoms with van der Waals surface area (Å²) in [5, 5.41) is 11.6. The van der Waals surface area contributed by atoms with Crippen molar-refractivity contribution in [3.05, 3.63) is 30.3 Å². The smallest absolute Gasteiger partial charge is 0.0867 e. The van der Waals surface area contributed by atoms with Crippen LogP contribution in [0.15, 0.2) is 30.3 Å². The van der Waals surface area contributed by atoms with Gasteiger partial charge in [-0.2, -0.15) is 0 Å². The molecule has 0 bridgehead atoms. The Hall–Kier alpha value is -0.386. The average molecular weight is 361 g/mol.